The summed E-state index contributed by atoms with van der Waals surface area (Å²) >= 11 is 3.32. The summed E-state index contributed by atoms with van der Waals surface area (Å²) in [6.07, 6.45) is -5.65. The van der Waals surface area contributed by atoms with Crippen LogP contribution in [0.25, 0.3) is 0 Å². The molecule has 0 saturated carbocycles. The number of carbonyl (C=O) groups is 2. The number of nitrogens with one attached hydrogen (secondary N) is 3. The Kier molecular flexibility index (Phi) is 6.10. The van der Waals surface area contributed by atoms with Gasteiger partial charge in [-0.1, -0.05) is 36.4 Å². The highest BCUT2D eigenvalue weighted by Gasteiger charge is 2.58. The molecule has 0 bridgehead atoms. The number of allylic oxidation sites excluding steroid dienone is 1. The van der Waals surface area contributed by atoms with Crippen LogP contribution in [0.1, 0.15) is 18.4 Å². The standard InChI is InChI=1S/C22H20BrF3N4O3/c1-11-15(20(31)28-14-10-6-9-13(23)17(14)33-2)21(32)30-19(27-11)16(12-7-4-3-5-8-12)18(29-30)22(24,25)26/h3-10,16,18-19,27,29H,1-2H3,(H,28,31). The van der Waals surface area contributed by atoms with E-state index in [0.29, 0.717) is 21.5 Å². The molecule has 2 aromatic rings. The van der Waals surface area contributed by atoms with E-state index in [0.717, 1.165) is 5.01 Å². The number of amides is 2. The molecule has 0 radical (unpaired) electrons. The van der Waals surface area contributed by atoms with E-state index in [9.17, 15) is 22.8 Å². The fraction of sp³-hybridized carbons (Fsp3) is 0.273. The average molecular weight is 525 g/mol. The van der Waals surface area contributed by atoms with Crippen LogP contribution in [-0.4, -0.2) is 42.3 Å². The number of fused-ring (bicyclic) bond motifs is 1. The third kappa shape index (κ3) is 4.18. The zero-order chi connectivity index (χ0) is 23.9. The zero-order valence-electron chi connectivity index (χ0n) is 17.5. The van der Waals surface area contributed by atoms with Crippen LogP contribution in [0, 0.1) is 0 Å². The summed E-state index contributed by atoms with van der Waals surface area (Å²) < 4.78 is 47.5. The average Bonchev–Trinajstić information content (AvgIpc) is 3.15. The molecule has 174 valence electrons. The summed E-state index contributed by atoms with van der Waals surface area (Å²) in [6.45, 7) is 1.49. The third-order valence-corrected chi connectivity index (χ3v) is 6.24. The van der Waals surface area contributed by atoms with Gasteiger partial charge in [-0.2, -0.15) is 13.2 Å². The highest BCUT2D eigenvalue weighted by molar-refractivity contribution is 9.10. The molecule has 33 heavy (non-hydrogen) atoms. The number of hydrazine groups is 1. The van der Waals surface area contributed by atoms with Gasteiger partial charge in [-0.25, -0.2) is 10.4 Å². The molecule has 4 rings (SSSR count). The van der Waals surface area contributed by atoms with Crippen LogP contribution in [-0.2, 0) is 9.59 Å². The molecule has 2 aliphatic heterocycles. The maximum absolute atomic E-state index is 13.9. The maximum Gasteiger partial charge on any atom is 0.406 e. The molecule has 1 fully saturated rings. The molecule has 0 aliphatic carbocycles. The number of ether oxygens (including phenoxy) is 1. The normalized spacial score (nSPS) is 22.7. The molecule has 2 aromatic carbocycles. The Hall–Kier alpha value is -3.05. The number of carbonyl (C=O) groups excluding carboxylic acids is 2. The van der Waals surface area contributed by atoms with Gasteiger partial charge in [0.15, 0.2) is 5.75 Å². The summed E-state index contributed by atoms with van der Waals surface area (Å²) in [5.74, 6) is -2.39. The lowest BCUT2D eigenvalue weighted by atomic mass is 9.89. The molecule has 2 heterocycles. The zero-order valence-corrected chi connectivity index (χ0v) is 19.1. The van der Waals surface area contributed by atoms with Gasteiger partial charge in [0.05, 0.1) is 23.2 Å². The largest absolute Gasteiger partial charge is 0.493 e. The van der Waals surface area contributed by atoms with Crippen LogP contribution in [0.3, 0.4) is 0 Å². The molecule has 1 saturated heterocycles. The van der Waals surface area contributed by atoms with E-state index >= 15 is 0 Å². The Morgan fingerprint density at radius 3 is 2.48 bits per heavy atom. The maximum atomic E-state index is 13.9. The first-order chi connectivity index (χ1) is 15.6. The van der Waals surface area contributed by atoms with Crippen molar-refractivity contribution in [3.05, 3.63) is 69.8 Å². The van der Waals surface area contributed by atoms with Crippen molar-refractivity contribution in [3.8, 4) is 5.75 Å². The van der Waals surface area contributed by atoms with Crippen LogP contribution >= 0.6 is 15.9 Å². The summed E-state index contributed by atoms with van der Waals surface area (Å²) in [5.41, 5.74) is 2.88. The van der Waals surface area contributed by atoms with Crippen LogP contribution in [0.2, 0.25) is 0 Å². The highest BCUT2D eigenvalue weighted by Crippen LogP contribution is 2.41. The van der Waals surface area contributed by atoms with E-state index in [4.69, 9.17) is 4.74 Å². The predicted molar refractivity (Wildman–Crippen MR) is 118 cm³/mol. The highest BCUT2D eigenvalue weighted by atomic mass is 79.9. The van der Waals surface area contributed by atoms with Gasteiger partial charge in [0.2, 0.25) is 0 Å². The second-order valence-electron chi connectivity index (χ2n) is 7.62. The number of benzene rings is 2. The lowest BCUT2D eigenvalue weighted by Gasteiger charge is -2.34. The third-order valence-electron chi connectivity index (χ3n) is 5.61. The Morgan fingerprint density at radius 1 is 1.15 bits per heavy atom. The summed E-state index contributed by atoms with van der Waals surface area (Å²) in [4.78, 5) is 26.2. The molecular formula is C22H20BrF3N4O3. The number of nitrogens with zero attached hydrogens (tertiary/aromatic N) is 1. The topological polar surface area (TPSA) is 82.7 Å². The first kappa shape index (κ1) is 23.1. The Morgan fingerprint density at radius 2 is 1.85 bits per heavy atom. The number of para-hydroxylation sites is 1. The van der Waals surface area contributed by atoms with Crippen molar-refractivity contribution in [2.45, 2.75) is 31.2 Å². The smallest absolute Gasteiger partial charge is 0.406 e. The fourth-order valence-electron chi connectivity index (χ4n) is 4.16. The molecule has 3 N–H and O–H groups in total. The molecule has 2 aliphatic rings. The van der Waals surface area contributed by atoms with Crippen LogP contribution in [0.15, 0.2) is 64.3 Å². The van der Waals surface area contributed by atoms with Crippen molar-refractivity contribution in [3.63, 3.8) is 0 Å². The number of anilines is 1. The van der Waals surface area contributed by atoms with E-state index < -0.39 is 36.1 Å². The molecule has 2 amide bonds. The van der Waals surface area contributed by atoms with Crippen molar-refractivity contribution in [1.82, 2.24) is 15.8 Å². The van der Waals surface area contributed by atoms with Crippen LogP contribution in [0.4, 0.5) is 18.9 Å². The van der Waals surface area contributed by atoms with E-state index in [1.54, 1.807) is 48.5 Å². The van der Waals surface area contributed by atoms with Gasteiger partial charge in [0, 0.05) is 5.70 Å². The molecule has 0 spiro atoms. The van der Waals surface area contributed by atoms with E-state index in [-0.39, 0.29) is 11.3 Å². The lowest BCUT2D eigenvalue weighted by Crippen LogP contribution is -2.56. The number of hydrogen-bond acceptors (Lipinski definition) is 5. The predicted octanol–water partition coefficient (Wildman–Crippen LogP) is 3.66. The number of methoxy groups -OCH3 is 1. The second kappa shape index (κ2) is 8.71. The Labute approximate surface area is 196 Å². The summed E-state index contributed by atoms with van der Waals surface area (Å²) in [6, 6.07) is 11.1. The summed E-state index contributed by atoms with van der Waals surface area (Å²) in [5, 5.41) is 6.40. The minimum Gasteiger partial charge on any atom is -0.493 e. The monoisotopic (exact) mass is 524 g/mol. The fourth-order valence-corrected chi connectivity index (χ4v) is 4.69. The van der Waals surface area contributed by atoms with Gasteiger partial charge >= 0.3 is 6.18 Å². The lowest BCUT2D eigenvalue weighted by molar-refractivity contribution is -0.161. The van der Waals surface area contributed by atoms with Gasteiger partial charge in [-0.15, -0.1) is 0 Å². The number of alkyl halides is 3. The Bertz CT molecular complexity index is 1120. The van der Waals surface area contributed by atoms with Gasteiger partial charge in [-0.3, -0.25) is 9.59 Å². The van der Waals surface area contributed by atoms with Crippen molar-refractivity contribution in [2.24, 2.45) is 0 Å². The molecule has 3 unspecified atom stereocenters. The van der Waals surface area contributed by atoms with Gasteiger partial charge < -0.3 is 15.4 Å². The molecule has 0 aromatic heterocycles. The van der Waals surface area contributed by atoms with Crippen molar-refractivity contribution in [2.75, 3.05) is 12.4 Å². The minimum absolute atomic E-state index is 0.179. The van der Waals surface area contributed by atoms with E-state index in [1.165, 1.54) is 14.0 Å². The molecule has 7 nitrogen and oxygen atoms in total. The summed E-state index contributed by atoms with van der Waals surface area (Å²) in [7, 11) is 1.42. The first-order valence-corrected chi connectivity index (χ1v) is 10.8. The number of halogens is 4. The minimum atomic E-state index is -4.63. The van der Waals surface area contributed by atoms with Gasteiger partial charge in [-0.05, 0) is 40.5 Å². The van der Waals surface area contributed by atoms with Gasteiger partial charge in [0.1, 0.15) is 17.8 Å². The molecule has 11 heteroatoms. The van der Waals surface area contributed by atoms with Crippen molar-refractivity contribution < 1.29 is 27.5 Å². The second-order valence-corrected chi connectivity index (χ2v) is 8.48. The van der Waals surface area contributed by atoms with E-state index in [1.807, 2.05) is 0 Å². The van der Waals surface area contributed by atoms with Crippen LogP contribution in [0.5, 0.6) is 5.75 Å². The van der Waals surface area contributed by atoms with Crippen molar-refractivity contribution in [1.29, 1.82) is 0 Å². The molecular weight excluding hydrogens is 505 g/mol. The Balaban J connectivity index is 1.67. The first-order valence-electron chi connectivity index (χ1n) is 9.96. The molecule has 3 atom stereocenters. The van der Waals surface area contributed by atoms with Crippen LogP contribution < -0.4 is 20.8 Å². The van der Waals surface area contributed by atoms with E-state index in [2.05, 4.69) is 32.0 Å². The van der Waals surface area contributed by atoms with Crippen molar-refractivity contribution >= 4 is 33.4 Å². The number of rotatable bonds is 4. The van der Waals surface area contributed by atoms with Gasteiger partial charge in [0.25, 0.3) is 11.8 Å². The quantitative estimate of drug-likeness (QED) is 0.531. The SMILES string of the molecule is COc1c(Br)cccc1NC(=O)C1=C(C)NC2C(c3ccccc3)C(C(F)(F)F)NN2C1=O. The number of hydrogen-bond donors (Lipinski definition) is 3.